The number of aromatic carboxylic acids is 1. The van der Waals surface area contributed by atoms with E-state index in [0.29, 0.717) is 16.9 Å². The lowest BCUT2D eigenvalue weighted by molar-refractivity contribution is 0.0688. The predicted octanol–water partition coefficient (Wildman–Crippen LogP) is 2.54. The van der Waals surface area contributed by atoms with Crippen molar-refractivity contribution in [3.8, 4) is 11.3 Å². The first-order valence-corrected chi connectivity index (χ1v) is 5.91. The third-order valence-electron chi connectivity index (χ3n) is 3.01. The fourth-order valence-electron chi connectivity index (χ4n) is 2.03. The molecular formula is C14H10FN3O2. The topological polar surface area (TPSA) is 67.5 Å². The van der Waals surface area contributed by atoms with Crippen LogP contribution in [0.3, 0.4) is 0 Å². The van der Waals surface area contributed by atoms with Crippen LogP contribution in [0.4, 0.5) is 4.39 Å². The molecule has 0 fully saturated rings. The van der Waals surface area contributed by atoms with Crippen molar-refractivity contribution in [2.24, 2.45) is 0 Å². The van der Waals surface area contributed by atoms with Gasteiger partial charge in [0.2, 0.25) is 0 Å². The average molecular weight is 271 g/mol. The smallest absolute Gasteiger partial charge is 0.356 e. The highest BCUT2D eigenvalue weighted by molar-refractivity contribution is 5.86. The summed E-state index contributed by atoms with van der Waals surface area (Å²) in [5, 5.41) is 13.4. The third kappa shape index (κ3) is 1.91. The van der Waals surface area contributed by atoms with Gasteiger partial charge in [-0.15, -0.1) is 0 Å². The van der Waals surface area contributed by atoms with E-state index >= 15 is 0 Å². The first-order chi connectivity index (χ1) is 9.56. The number of carboxylic acids is 1. The molecule has 5 nitrogen and oxygen atoms in total. The summed E-state index contributed by atoms with van der Waals surface area (Å²) in [4.78, 5) is 15.2. The summed E-state index contributed by atoms with van der Waals surface area (Å²) < 4.78 is 14.2. The highest BCUT2D eigenvalue weighted by Gasteiger charge is 2.14. The summed E-state index contributed by atoms with van der Waals surface area (Å²) in [6, 6.07) is 7.66. The van der Waals surface area contributed by atoms with E-state index in [4.69, 9.17) is 5.11 Å². The van der Waals surface area contributed by atoms with Gasteiger partial charge in [0.25, 0.3) is 0 Å². The average Bonchev–Trinajstić information content (AvgIpc) is 2.84. The van der Waals surface area contributed by atoms with Gasteiger partial charge in [-0.1, -0.05) is 0 Å². The van der Waals surface area contributed by atoms with Crippen molar-refractivity contribution >= 4 is 11.6 Å². The van der Waals surface area contributed by atoms with Crippen molar-refractivity contribution < 1.29 is 14.3 Å². The van der Waals surface area contributed by atoms with Gasteiger partial charge in [-0.3, -0.25) is 0 Å². The maximum absolute atomic E-state index is 12.9. The van der Waals surface area contributed by atoms with E-state index in [9.17, 15) is 9.18 Å². The lowest BCUT2D eigenvalue weighted by atomic mass is 10.1. The molecule has 3 aromatic rings. The Hall–Kier alpha value is -2.76. The minimum Gasteiger partial charge on any atom is -0.476 e. The molecular weight excluding hydrogens is 261 g/mol. The Kier molecular flexibility index (Phi) is 2.71. The van der Waals surface area contributed by atoms with Crippen LogP contribution in [0.5, 0.6) is 0 Å². The third-order valence-corrected chi connectivity index (χ3v) is 3.01. The van der Waals surface area contributed by atoms with E-state index in [0.717, 1.165) is 5.56 Å². The molecule has 2 aromatic heterocycles. The zero-order valence-electron chi connectivity index (χ0n) is 10.5. The molecule has 0 spiro atoms. The summed E-state index contributed by atoms with van der Waals surface area (Å²) in [5.74, 6) is -1.43. The highest BCUT2D eigenvalue weighted by atomic mass is 19.1. The number of nitrogens with zero attached hydrogens (tertiary/aromatic N) is 3. The van der Waals surface area contributed by atoms with Gasteiger partial charge < -0.3 is 5.11 Å². The lowest BCUT2D eigenvalue weighted by Crippen LogP contribution is -2.06. The van der Waals surface area contributed by atoms with E-state index in [1.165, 1.54) is 22.8 Å². The number of carbonyl (C=O) groups is 1. The Bertz CT molecular complexity index is 809. The minimum atomic E-state index is -1.10. The van der Waals surface area contributed by atoms with Crippen molar-refractivity contribution in [1.29, 1.82) is 0 Å². The van der Waals surface area contributed by atoms with Gasteiger partial charge in [-0.2, -0.15) is 5.10 Å². The fraction of sp³-hybridized carbons (Fsp3) is 0.0714. The molecule has 0 unspecified atom stereocenters. The second-order valence-electron chi connectivity index (χ2n) is 4.40. The number of halogens is 1. The largest absolute Gasteiger partial charge is 0.476 e. The highest BCUT2D eigenvalue weighted by Crippen LogP contribution is 2.21. The lowest BCUT2D eigenvalue weighted by Gasteiger charge is -2.05. The quantitative estimate of drug-likeness (QED) is 0.777. The number of imidazole rings is 1. The van der Waals surface area contributed by atoms with E-state index < -0.39 is 5.97 Å². The van der Waals surface area contributed by atoms with Crippen molar-refractivity contribution in [3.63, 3.8) is 0 Å². The molecule has 20 heavy (non-hydrogen) atoms. The molecule has 100 valence electrons. The van der Waals surface area contributed by atoms with Crippen molar-refractivity contribution in [3.05, 3.63) is 53.6 Å². The van der Waals surface area contributed by atoms with Gasteiger partial charge in [0.15, 0.2) is 11.3 Å². The summed E-state index contributed by atoms with van der Waals surface area (Å²) in [6.45, 7) is 1.82. The van der Waals surface area contributed by atoms with Crippen molar-refractivity contribution in [1.82, 2.24) is 14.6 Å². The Morgan fingerprint density at radius 3 is 2.65 bits per heavy atom. The summed E-state index contributed by atoms with van der Waals surface area (Å²) in [7, 11) is 0. The Labute approximate surface area is 113 Å². The molecule has 0 amide bonds. The molecule has 0 aliphatic rings. The van der Waals surface area contributed by atoms with Crippen molar-refractivity contribution in [2.75, 3.05) is 0 Å². The normalized spacial score (nSPS) is 10.9. The van der Waals surface area contributed by atoms with Crippen LogP contribution in [-0.4, -0.2) is 25.7 Å². The van der Waals surface area contributed by atoms with Gasteiger partial charge in [-0.25, -0.2) is 18.7 Å². The first-order valence-electron chi connectivity index (χ1n) is 5.91. The molecule has 0 bridgehead atoms. The molecule has 0 radical (unpaired) electrons. The van der Waals surface area contributed by atoms with E-state index in [1.807, 2.05) is 6.92 Å². The number of rotatable bonds is 2. The van der Waals surface area contributed by atoms with Crippen LogP contribution in [-0.2, 0) is 0 Å². The number of aryl methyl sites for hydroxylation is 1. The van der Waals surface area contributed by atoms with E-state index in [2.05, 4.69) is 10.1 Å². The monoisotopic (exact) mass is 271 g/mol. The van der Waals surface area contributed by atoms with Crippen LogP contribution in [0.2, 0.25) is 0 Å². The fourth-order valence-corrected chi connectivity index (χ4v) is 2.03. The summed E-state index contributed by atoms with van der Waals surface area (Å²) in [5.41, 5.74) is 2.56. The molecule has 0 saturated heterocycles. The number of fused-ring (bicyclic) bond motifs is 1. The predicted molar refractivity (Wildman–Crippen MR) is 70.1 cm³/mol. The van der Waals surface area contributed by atoms with Gasteiger partial charge in [0.05, 0.1) is 11.9 Å². The molecule has 1 N–H and O–H groups in total. The van der Waals surface area contributed by atoms with E-state index in [1.54, 1.807) is 18.2 Å². The molecule has 0 aliphatic carbocycles. The Morgan fingerprint density at radius 1 is 1.30 bits per heavy atom. The molecule has 6 heteroatoms. The van der Waals surface area contributed by atoms with Gasteiger partial charge in [-0.05, 0) is 42.8 Å². The summed E-state index contributed by atoms with van der Waals surface area (Å²) >= 11 is 0. The zero-order chi connectivity index (χ0) is 14.3. The zero-order valence-corrected chi connectivity index (χ0v) is 10.5. The van der Waals surface area contributed by atoms with Gasteiger partial charge in [0, 0.05) is 5.56 Å². The number of hydrogen-bond donors (Lipinski definition) is 1. The molecule has 0 atom stereocenters. The SMILES string of the molecule is Cc1cc(-c2ccc(F)cc2)nn2c(C(=O)O)cnc12. The van der Waals surface area contributed by atoms with Crippen LogP contribution in [0, 0.1) is 12.7 Å². The molecule has 0 aliphatic heterocycles. The second-order valence-corrected chi connectivity index (χ2v) is 4.40. The Morgan fingerprint density at radius 2 is 2.00 bits per heavy atom. The van der Waals surface area contributed by atoms with E-state index in [-0.39, 0.29) is 11.5 Å². The number of hydrogen-bond acceptors (Lipinski definition) is 3. The van der Waals surface area contributed by atoms with Crippen LogP contribution < -0.4 is 0 Å². The van der Waals surface area contributed by atoms with Crippen LogP contribution in [0.1, 0.15) is 16.1 Å². The molecule has 0 saturated carbocycles. The maximum Gasteiger partial charge on any atom is 0.356 e. The number of benzene rings is 1. The van der Waals surface area contributed by atoms with Gasteiger partial charge in [0.1, 0.15) is 5.82 Å². The molecule has 2 heterocycles. The first kappa shape index (κ1) is 12.3. The van der Waals surface area contributed by atoms with Gasteiger partial charge >= 0.3 is 5.97 Å². The van der Waals surface area contributed by atoms with Crippen molar-refractivity contribution in [2.45, 2.75) is 6.92 Å². The standard InChI is InChI=1S/C14H10FN3O2/c1-8-6-11(9-2-4-10(15)5-3-9)17-18-12(14(19)20)7-16-13(8)18/h2-7H,1H3,(H,19,20). The van der Waals surface area contributed by atoms with Crippen LogP contribution >= 0.6 is 0 Å². The maximum atomic E-state index is 12.9. The van der Waals surface area contributed by atoms with Crippen LogP contribution in [0.25, 0.3) is 16.9 Å². The number of aromatic nitrogens is 3. The Balaban J connectivity index is 2.24. The molecule has 1 aromatic carbocycles. The summed E-state index contributed by atoms with van der Waals surface area (Å²) in [6.07, 6.45) is 1.27. The minimum absolute atomic E-state index is 0.00735. The number of carboxylic acid groups (broad SMARTS) is 1. The van der Waals surface area contributed by atoms with Crippen LogP contribution in [0.15, 0.2) is 36.5 Å². The molecule has 3 rings (SSSR count). The second kappa shape index (κ2) is 4.41.